The standard InChI is InChI=1S/C21H20ClN5O/c1-12-5-20-16(6-14(12)7-23)18(17-8-25-9-19(24)21(17)22)11-27(20)15-3-4-26(10-15)13(2)28/h5-6,8-9,11,15H,3-4,10,24H2,1-2H3. The molecule has 0 saturated carbocycles. The van der Waals surface area contributed by atoms with E-state index >= 15 is 0 Å². The second-order valence-electron chi connectivity index (χ2n) is 7.24. The summed E-state index contributed by atoms with van der Waals surface area (Å²) in [4.78, 5) is 17.8. The molecule has 1 atom stereocenters. The highest BCUT2D eigenvalue weighted by molar-refractivity contribution is 6.36. The van der Waals surface area contributed by atoms with Gasteiger partial charge >= 0.3 is 0 Å². The Morgan fingerprint density at radius 3 is 2.82 bits per heavy atom. The van der Waals surface area contributed by atoms with E-state index in [2.05, 4.69) is 15.6 Å². The summed E-state index contributed by atoms with van der Waals surface area (Å²) in [5.74, 6) is 0.0882. The Morgan fingerprint density at radius 1 is 1.36 bits per heavy atom. The van der Waals surface area contributed by atoms with Crippen LogP contribution in [0.15, 0.2) is 30.7 Å². The van der Waals surface area contributed by atoms with Crippen LogP contribution in [0, 0.1) is 18.3 Å². The minimum absolute atomic E-state index is 0.0882. The first-order valence-electron chi connectivity index (χ1n) is 9.11. The van der Waals surface area contributed by atoms with Gasteiger partial charge in [0.05, 0.1) is 34.6 Å². The summed E-state index contributed by atoms with van der Waals surface area (Å²) in [6.07, 6.45) is 6.14. The number of anilines is 1. The SMILES string of the molecule is CC(=O)N1CCC(n2cc(-c3cncc(N)c3Cl)c3cc(C#N)c(C)cc32)C1. The second-order valence-corrected chi connectivity index (χ2v) is 7.62. The number of rotatable bonds is 2. The maximum Gasteiger partial charge on any atom is 0.219 e. The monoisotopic (exact) mass is 393 g/mol. The number of nitriles is 1. The Bertz CT molecular complexity index is 1140. The number of fused-ring (bicyclic) bond motifs is 1. The second kappa shape index (κ2) is 6.84. The van der Waals surface area contributed by atoms with E-state index in [0.29, 0.717) is 22.8 Å². The molecule has 2 aromatic heterocycles. The highest BCUT2D eigenvalue weighted by atomic mass is 35.5. The van der Waals surface area contributed by atoms with Crippen LogP contribution in [-0.4, -0.2) is 33.4 Å². The maximum atomic E-state index is 11.8. The fourth-order valence-electron chi connectivity index (χ4n) is 3.94. The zero-order valence-corrected chi connectivity index (χ0v) is 16.5. The topological polar surface area (TPSA) is 87.9 Å². The van der Waals surface area contributed by atoms with Gasteiger partial charge in [0, 0.05) is 54.4 Å². The van der Waals surface area contributed by atoms with Crippen LogP contribution in [0.1, 0.15) is 30.5 Å². The van der Waals surface area contributed by atoms with Gasteiger partial charge in [0.1, 0.15) is 0 Å². The van der Waals surface area contributed by atoms with Crippen LogP contribution in [0.2, 0.25) is 5.02 Å². The van der Waals surface area contributed by atoms with Gasteiger partial charge < -0.3 is 15.2 Å². The van der Waals surface area contributed by atoms with Gasteiger partial charge in [-0.15, -0.1) is 0 Å². The van der Waals surface area contributed by atoms with E-state index in [1.54, 1.807) is 13.1 Å². The Labute approximate surface area is 168 Å². The first-order chi connectivity index (χ1) is 13.4. The number of likely N-dealkylation sites (tertiary alicyclic amines) is 1. The summed E-state index contributed by atoms with van der Waals surface area (Å²) in [5, 5.41) is 10.9. The van der Waals surface area contributed by atoms with Gasteiger partial charge in [0.2, 0.25) is 5.91 Å². The lowest BCUT2D eigenvalue weighted by Gasteiger charge is -2.16. The summed E-state index contributed by atoms with van der Waals surface area (Å²) in [7, 11) is 0. The Hall–Kier alpha value is -3.04. The number of pyridine rings is 1. The van der Waals surface area contributed by atoms with Crippen molar-refractivity contribution < 1.29 is 4.79 Å². The number of hydrogen-bond donors (Lipinski definition) is 1. The molecular formula is C21H20ClN5O. The summed E-state index contributed by atoms with van der Waals surface area (Å²) in [5.41, 5.74) is 10.6. The lowest BCUT2D eigenvalue weighted by molar-refractivity contribution is -0.127. The molecule has 3 heterocycles. The van der Waals surface area contributed by atoms with Crippen LogP contribution in [0.3, 0.4) is 0 Å². The zero-order chi connectivity index (χ0) is 20.0. The van der Waals surface area contributed by atoms with Crippen LogP contribution in [0.4, 0.5) is 5.69 Å². The lowest BCUT2D eigenvalue weighted by Crippen LogP contribution is -2.26. The molecule has 4 rings (SSSR count). The molecule has 1 aromatic carbocycles. The van der Waals surface area contributed by atoms with E-state index in [1.807, 2.05) is 30.2 Å². The molecule has 1 amide bonds. The maximum absolute atomic E-state index is 11.8. The number of amides is 1. The van der Waals surface area contributed by atoms with E-state index in [1.165, 1.54) is 6.20 Å². The minimum atomic E-state index is 0.0882. The zero-order valence-electron chi connectivity index (χ0n) is 15.7. The van der Waals surface area contributed by atoms with Gasteiger partial charge in [-0.05, 0) is 31.0 Å². The van der Waals surface area contributed by atoms with Crippen molar-refractivity contribution in [3.8, 4) is 17.2 Å². The molecule has 6 nitrogen and oxygen atoms in total. The average Bonchev–Trinajstić information content (AvgIpc) is 3.28. The predicted molar refractivity (Wildman–Crippen MR) is 110 cm³/mol. The van der Waals surface area contributed by atoms with E-state index in [0.717, 1.165) is 40.6 Å². The number of aromatic nitrogens is 2. The summed E-state index contributed by atoms with van der Waals surface area (Å²) >= 11 is 6.47. The quantitative estimate of drug-likeness (QED) is 0.714. The molecule has 1 aliphatic rings. The van der Waals surface area contributed by atoms with Crippen molar-refractivity contribution in [2.24, 2.45) is 0 Å². The van der Waals surface area contributed by atoms with Gasteiger partial charge in [0.15, 0.2) is 0 Å². The van der Waals surface area contributed by atoms with Gasteiger partial charge in [-0.2, -0.15) is 5.26 Å². The number of aryl methyl sites for hydroxylation is 1. The van der Waals surface area contributed by atoms with Gasteiger partial charge in [-0.25, -0.2) is 0 Å². The van der Waals surface area contributed by atoms with Crippen molar-refractivity contribution in [3.63, 3.8) is 0 Å². The Kier molecular flexibility index (Phi) is 4.48. The highest BCUT2D eigenvalue weighted by Crippen LogP contribution is 2.40. The third-order valence-electron chi connectivity index (χ3n) is 5.50. The molecule has 7 heteroatoms. The molecule has 28 heavy (non-hydrogen) atoms. The number of halogens is 1. The number of carbonyl (C=O) groups excluding carboxylic acids is 1. The summed E-state index contributed by atoms with van der Waals surface area (Å²) < 4.78 is 2.20. The Balaban J connectivity index is 1.94. The summed E-state index contributed by atoms with van der Waals surface area (Å²) in [6, 6.07) is 6.35. The molecule has 1 saturated heterocycles. The van der Waals surface area contributed by atoms with E-state index in [9.17, 15) is 10.1 Å². The predicted octanol–water partition coefficient (Wildman–Crippen LogP) is 3.91. The van der Waals surface area contributed by atoms with E-state index in [-0.39, 0.29) is 11.9 Å². The number of benzene rings is 1. The molecule has 142 valence electrons. The molecule has 1 fully saturated rings. The largest absolute Gasteiger partial charge is 0.396 e. The number of carbonyl (C=O) groups is 1. The van der Waals surface area contributed by atoms with Crippen LogP contribution >= 0.6 is 11.6 Å². The number of nitrogens with zero attached hydrogens (tertiary/aromatic N) is 4. The lowest BCUT2D eigenvalue weighted by atomic mass is 10.0. The van der Waals surface area contributed by atoms with E-state index < -0.39 is 0 Å². The van der Waals surface area contributed by atoms with Crippen molar-refractivity contribution in [3.05, 3.63) is 46.9 Å². The van der Waals surface area contributed by atoms with Crippen molar-refractivity contribution in [1.82, 2.24) is 14.5 Å². The Morgan fingerprint density at radius 2 is 2.14 bits per heavy atom. The van der Waals surface area contributed by atoms with Gasteiger partial charge in [0.25, 0.3) is 0 Å². The van der Waals surface area contributed by atoms with Crippen molar-refractivity contribution in [2.45, 2.75) is 26.3 Å². The number of nitrogen functional groups attached to an aromatic ring is 1. The molecule has 1 aliphatic heterocycles. The molecule has 3 aromatic rings. The highest BCUT2D eigenvalue weighted by Gasteiger charge is 2.28. The van der Waals surface area contributed by atoms with Crippen LogP contribution in [0.5, 0.6) is 0 Å². The molecule has 0 aliphatic carbocycles. The van der Waals surface area contributed by atoms with Crippen molar-refractivity contribution in [2.75, 3.05) is 18.8 Å². The molecule has 2 N–H and O–H groups in total. The van der Waals surface area contributed by atoms with Crippen LogP contribution in [0.25, 0.3) is 22.0 Å². The first kappa shape index (κ1) is 18.3. The van der Waals surface area contributed by atoms with Gasteiger partial charge in [-0.3, -0.25) is 9.78 Å². The molecule has 0 bridgehead atoms. The first-order valence-corrected chi connectivity index (χ1v) is 9.48. The fourth-order valence-corrected chi connectivity index (χ4v) is 4.14. The van der Waals surface area contributed by atoms with Crippen LogP contribution < -0.4 is 5.73 Å². The van der Waals surface area contributed by atoms with Crippen molar-refractivity contribution >= 4 is 34.1 Å². The molecule has 0 spiro atoms. The third kappa shape index (κ3) is 2.88. The van der Waals surface area contributed by atoms with Crippen molar-refractivity contribution in [1.29, 1.82) is 5.26 Å². The van der Waals surface area contributed by atoms with Crippen LogP contribution in [-0.2, 0) is 4.79 Å². The summed E-state index contributed by atoms with van der Waals surface area (Å²) in [6.45, 7) is 4.94. The normalized spacial score (nSPS) is 16.5. The van der Waals surface area contributed by atoms with Gasteiger partial charge in [-0.1, -0.05) is 11.6 Å². The fraction of sp³-hybridized carbons (Fsp3) is 0.286. The average molecular weight is 394 g/mol. The smallest absolute Gasteiger partial charge is 0.219 e. The third-order valence-corrected chi connectivity index (χ3v) is 5.92. The molecular weight excluding hydrogens is 374 g/mol. The molecule has 1 unspecified atom stereocenters. The number of hydrogen-bond acceptors (Lipinski definition) is 4. The van der Waals surface area contributed by atoms with E-state index in [4.69, 9.17) is 17.3 Å². The minimum Gasteiger partial charge on any atom is -0.396 e. The number of nitrogens with two attached hydrogens (primary N) is 1. The molecule has 0 radical (unpaired) electrons.